The van der Waals surface area contributed by atoms with E-state index in [1.54, 1.807) is 13.8 Å². The lowest BCUT2D eigenvalue weighted by atomic mass is 9.92. The average molecular weight is 478 g/mol. The average Bonchev–Trinajstić information content (AvgIpc) is 3.45. The Kier molecular flexibility index (Phi) is 6.81. The number of benzene rings is 2. The van der Waals surface area contributed by atoms with Crippen LogP contribution in [0.2, 0.25) is 0 Å². The fourth-order valence-electron chi connectivity index (χ4n) is 4.05. The fraction of sp³-hybridized carbons (Fsp3) is 0.320. The normalized spacial score (nSPS) is 12.5. The van der Waals surface area contributed by atoms with Crippen molar-refractivity contribution in [2.75, 3.05) is 19.7 Å². The number of carbonyl (C=O) groups excluding carboxylic acids is 2. The van der Waals surface area contributed by atoms with Gasteiger partial charge in [-0.15, -0.1) is 5.10 Å². The molecule has 0 aliphatic heterocycles. The number of nitrogens with one attached hydrogen (secondary N) is 2. The number of rotatable bonds is 9. The number of ether oxygens (including phenoxy) is 1. The summed E-state index contributed by atoms with van der Waals surface area (Å²) in [5.74, 6) is -1.47. The van der Waals surface area contributed by atoms with Crippen molar-refractivity contribution in [3.63, 3.8) is 0 Å². The van der Waals surface area contributed by atoms with Gasteiger partial charge in [-0.05, 0) is 36.1 Å². The van der Waals surface area contributed by atoms with Crippen molar-refractivity contribution < 1.29 is 24.2 Å². The second-order valence-electron chi connectivity index (χ2n) is 8.99. The standard InChI is InChI=1S/C25H27N5O5/c1-25(2,23(33)26-11-12-30-13-21(22(31)32)28-29-30)15-27-24(34)35-14-20-18-9-5-3-7-16(18)17-8-4-6-10-19(17)20/h3-10,13,20H,11-12,14-15H2,1-2H3,(H,26,33)(H,27,34)(H,31,32). The maximum atomic E-state index is 12.6. The summed E-state index contributed by atoms with van der Waals surface area (Å²) < 4.78 is 6.87. The molecule has 10 nitrogen and oxygen atoms in total. The van der Waals surface area contributed by atoms with Gasteiger partial charge in [-0.25, -0.2) is 14.3 Å². The van der Waals surface area contributed by atoms with Gasteiger partial charge >= 0.3 is 12.1 Å². The summed E-state index contributed by atoms with van der Waals surface area (Å²) in [6.45, 7) is 4.20. The Balaban J connectivity index is 1.25. The Bertz CT molecular complexity index is 1210. The van der Waals surface area contributed by atoms with Crippen LogP contribution in [0.4, 0.5) is 4.79 Å². The Morgan fingerprint density at radius 1 is 1.03 bits per heavy atom. The molecule has 1 aliphatic carbocycles. The van der Waals surface area contributed by atoms with Crippen LogP contribution in [0.25, 0.3) is 11.1 Å². The number of hydrogen-bond donors (Lipinski definition) is 3. The Morgan fingerprint density at radius 2 is 1.66 bits per heavy atom. The van der Waals surface area contributed by atoms with Crippen LogP contribution < -0.4 is 10.6 Å². The number of hydrogen-bond acceptors (Lipinski definition) is 6. The van der Waals surface area contributed by atoms with Gasteiger partial charge in [0.15, 0.2) is 5.69 Å². The van der Waals surface area contributed by atoms with E-state index in [2.05, 4.69) is 45.2 Å². The summed E-state index contributed by atoms with van der Waals surface area (Å²) in [6, 6.07) is 16.2. The van der Waals surface area contributed by atoms with E-state index >= 15 is 0 Å². The molecule has 35 heavy (non-hydrogen) atoms. The van der Waals surface area contributed by atoms with Crippen molar-refractivity contribution in [2.24, 2.45) is 5.41 Å². The number of amides is 2. The van der Waals surface area contributed by atoms with Crippen molar-refractivity contribution in [1.29, 1.82) is 0 Å². The highest BCUT2D eigenvalue weighted by molar-refractivity contribution is 5.84. The first-order chi connectivity index (χ1) is 16.8. The van der Waals surface area contributed by atoms with E-state index in [-0.39, 0.29) is 43.8 Å². The van der Waals surface area contributed by atoms with E-state index < -0.39 is 17.5 Å². The number of nitrogens with zero attached hydrogens (tertiary/aromatic N) is 3. The lowest BCUT2D eigenvalue weighted by Crippen LogP contribution is -2.45. The molecular weight excluding hydrogens is 450 g/mol. The van der Waals surface area contributed by atoms with E-state index in [1.165, 1.54) is 10.9 Å². The summed E-state index contributed by atoms with van der Waals surface area (Å²) >= 11 is 0. The molecule has 0 saturated carbocycles. The minimum absolute atomic E-state index is 0.0390. The minimum Gasteiger partial charge on any atom is -0.476 e. The zero-order valence-corrected chi connectivity index (χ0v) is 19.5. The van der Waals surface area contributed by atoms with Gasteiger partial charge < -0.3 is 20.5 Å². The van der Waals surface area contributed by atoms with Crippen LogP contribution in [0.3, 0.4) is 0 Å². The monoisotopic (exact) mass is 477 g/mol. The predicted molar refractivity (Wildman–Crippen MR) is 127 cm³/mol. The number of fused-ring (bicyclic) bond motifs is 3. The van der Waals surface area contributed by atoms with Crippen LogP contribution in [-0.4, -0.2) is 57.8 Å². The van der Waals surface area contributed by atoms with Crippen molar-refractivity contribution >= 4 is 18.0 Å². The summed E-state index contributed by atoms with van der Waals surface area (Å²) in [6.07, 6.45) is 0.703. The van der Waals surface area contributed by atoms with Crippen molar-refractivity contribution in [2.45, 2.75) is 26.3 Å². The van der Waals surface area contributed by atoms with Crippen molar-refractivity contribution in [3.8, 4) is 11.1 Å². The second kappa shape index (κ2) is 9.96. The Morgan fingerprint density at radius 3 is 2.26 bits per heavy atom. The van der Waals surface area contributed by atoms with Gasteiger partial charge in [0.25, 0.3) is 0 Å². The molecule has 182 valence electrons. The third-order valence-corrected chi connectivity index (χ3v) is 6.02. The Hall–Kier alpha value is -4.21. The quantitative estimate of drug-likeness (QED) is 0.431. The molecule has 3 aromatic rings. The zero-order valence-electron chi connectivity index (χ0n) is 19.5. The molecular formula is C25H27N5O5. The molecule has 0 atom stereocenters. The van der Waals surface area contributed by atoms with Crippen LogP contribution in [0.5, 0.6) is 0 Å². The minimum atomic E-state index is -1.17. The SMILES string of the molecule is CC(C)(CNC(=O)OCC1c2ccccc2-c2ccccc21)C(=O)NCCn1cc(C(=O)O)nn1. The van der Waals surface area contributed by atoms with E-state index in [0.717, 1.165) is 22.3 Å². The topological polar surface area (TPSA) is 135 Å². The van der Waals surface area contributed by atoms with Crippen LogP contribution in [0, 0.1) is 5.41 Å². The number of carboxylic acid groups (broad SMARTS) is 1. The summed E-state index contributed by atoms with van der Waals surface area (Å²) in [7, 11) is 0. The molecule has 2 aromatic carbocycles. The maximum Gasteiger partial charge on any atom is 0.407 e. The zero-order chi connectivity index (χ0) is 25.0. The highest BCUT2D eigenvalue weighted by Crippen LogP contribution is 2.44. The van der Waals surface area contributed by atoms with E-state index in [1.807, 2.05) is 24.3 Å². The van der Waals surface area contributed by atoms with Crippen molar-refractivity contribution in [3.05, 3.63) is 71.5 Å². The predicted octanol–water partition coefficient (Wildman–Crippen LogP) is 2.66. The highest BCUT2D eigenvalue weighted by atomic mass is 16.5. The summed E-state index contributed by atoms with van der Waals surface area (Å²) in [4.78, 5) is 35.9. The molecule has 3 N–H and O–H groups in total. The smallest absolute Gasteiger partial charge is 0.407 e. The van der Waals surface area contributed by atoms with Gasteiger partial charge in [0.2, 0.25) is 5.91 Å². The second-order valence-corrected chi connectivity index (χ2v) is 8.99. The molecule has 0 saturated heterocycles. The van der Waals surface area contributed by atoms with Crippen LogP contribution in [0.15, 0.2) is 54.7 Å². The fourth-order valence-corrected chi connectivity index (χ4v) is 4.05. The van der Waals surface area contributed by atoms with Gasteiger partial charge in [-0.3, -0.25) is 4.79 Å². The first kappa shape index (κ1) is 23.9. The molecule has 0 bridgehead atoms. The molecule has 2 amide bonds. The molecule has 4 rings (SSSR count). The van der Waals surface area contributed by atoms with Crippen LogP contribution >= 0.6 is 0 Å². The maximum absolute atomic E-state index is 12.6. The lowest BCUT2D eigenvalue weighted by Gasteiger charge is -2.24. The third kappa shape index (κ3) is 5.32. The highest BCUT2D eigenvalue weighted by Gasteiger charge is 2.30. The number of carboxylic acids is 1. The molecule has 1 aliphatic rings. The van der Waals surface area contributed by atoms with Crippen LogP contribution in [-0.2, 0) is 16.1 Å². The number of aromatic carboxylic acids is 1. The van der Waals surface area contributed by atoms with E-state index in [0.29, 0.717) is 0 Å². The first-order valence-electron chi connectivity index (χ1n) is 11.3. The first-order valence-corrected chi connectivity index (χ1v) is 11.3. The van der Waals surface area contributed by atoms with Crippen LogP contribution in [0.1, 0.15) is 41.4 Å². The van der Waals surface area contributed by atoms with E-state index in [9.17, 15) is 14.4 Å². The van der Waals surface area contributed by atoms with Gasteiger partial charge in [0.1, 0.15) is 6.61 Å². The summed E-state index contributed by atoms with van der Waals surface area (Å²) in [5, 5.41) is 21.5. The van der Waals surface area contributed by atoms with Gasteiger partial charge in [0.05, 0.1) is 18.2 Å². The number of alkyl carbamates (subject to hydrolysis) is 1. The molecule has 10 heteroatoms. The van der Waals surface area contributed by atoms with Gasteiger partial charge in [-0.2, -0.15) is 0 Å². The molecule has 0 radical (unpaired) electrons. The van der Waals surface area contributed by atoms with E-state index in [4.69, 9.17) is 9.84 Å². The number of aromatic nitrogens is 3. The van der Waals surface area contributed by atoms with Gasteiger partial charge in [-0.1, -0.05) is 53.7 Å². The largest absolute Gasteiger partial charge is 0.476 e. The van der Waals surface area contributed by atoms with Gasteiger partial charge in [0, 0.05) is 19.0 Å². The molecule has 0 fully saturated rings. The summed E-state index contributed by atoms with van der Waals surface area (Å²) in [5.41, 5.74) is 3.51. The molecule has 1 heterocycles. The lowest BCUT2D eigenvalue weighted by molar-refractivity contribution is -0.129. The van der Waals surface area contributed by atoms with Crippen molar-refractivity contribution in [1.82, 2.24) is 25.6 Å². The molecule has 0 unspecified atom stereocenters. The molecule has 0 spiro atoms. The third-order valence-electron chi connectivity index (χ3n) is 6.02. The Labute approximate surface area is 202 Å². The molecule has 1 aromatic heterocycles. The number of carbonyl (C=O) groups is 3.